The first-order valence-corrected chi connectivity index (χ1v) is 5.80. The lowest BCUT2D eigenvalue weighted by Crippen LogP contribution is -2.45. The molecule has 92 valence electrons. The molecule has 0 bridgehead atoms. The average Bonchev–Trinajstić information content (AvgIpc) is 2.34. The highest BCUT2D eigenvalue weighted by atomic mass is 16.5. The van der Waals surface area contributed by atoms with Crippen molar-refractivity contribution >= 4 is 11.6 Å². The molecule has 1 heterocycles. The number of methoxy groups -OCH3 is 1. The molecule has 0 spiro atoms. The van der Waals surface area contributed by atoms with Crippen molar-refractivity contribution in [2.45, 2.75) is 19.4 Å². The van der Waals surface area contributed by atoms with Crippen LogP contribution in [-0.2, 0) is 9.53 Å². The number of fused-ring (bicyclic) bond motifs is 1. The molecular formula is C13H17NO3. The van der Waals surface area contributed by atoms with Crippen LogP contribution in [0.25, 0.3) is 0 Å². The number of nitrogens with zero attached hydrogens (tertiary/aromatic N) is 1. The summed E-state index contributed by atoms with van der Waals surface area (Å²) in [5, 5.41) is 0. The number of anilines is 1. The molecule has 2 rings (SSSR count). The van der Waals surface area contributed by atoms with Crippen LogP contribution >= 0.6 is 0 Å². The molecule has 1 amide bonds. The smallest absolute Gasteiger partial charge is 0.267 e. The Morgan fingerprint density at radius 1 is 1.41 bits per heavy atom. The summed E-state index contributed by atoms with van der Waals surface area (Å²) in [6.07, 6.45) is 0.413. The normalized spacial score (nSPS) is 18.8. The summed E-state index contributed by atoms with van der Waals surface area (Å²) in [7, 11) is 1.66. The van der Waals surface area contributed by atoms with Crippen molar-refractivity contribution in [3.8, 4) is 5.75 Å². The van der Waals surface area contributed by atoms with Gasteiger partial charge in [0.15, 0.2) is 6.10 Å². The SMILES string of the molecule is COCCCN1C(=O)C(C)Oc2ccccc21. The Hall–Kier alpha value is -1.55. The lowest BCUT2D eigenvalue weighted by atomic mass is 10.2. The lowest BCUT2D eigenvalue weighted by Gasteiger charge is -2.32. The standard InChI is InChI=1S/C13H17NO3/c1-10-13(15)14(8-5-9-16-2)11-6-3-4-7-12(11)17-10/h3-4,6-7,10H,5,8-9H2,1-2H3. The topological polar surface area (TPSA) is 38.8 Å². The Balaban J connectivity index is 2.20. The molecule has 0 saturated carbocycles. The predicted octanol–water partition coefficient (Wildman–Crippen LogP) is 1.84. The maximum atomic E-state index is 12.0. The Labute approximate surface area is 101 Å². The van der Waals surface area contributed by atoms with Crippen molar-refractivity contribution in [1.82, 2.24) is 0 Å². The Bertz CT molecular complexity index is 405. The minimum atomic E-state index is -0.410. The Kier molecular flexibility index (Phi) is 3.64. The number of carbonyl (C=O) groups excluding carboxylic acids is 1. The van der Waals surface area contributed by atoms with Crippen LogP contribution < -0.4 is 9.64 Å². The lowest BCUT2D eigenvalue weighted by molar-refractivity contribution is -0.125. The summed E-state index contributed by atoms with van der Waals surface area (Å²) < 4.78 is 10.6. The van der Waals surface area contributed by atoms with E-state index in [1.54, 1.807) is 18.9 Å². The Morgan fingerprint density at radius 3 is 2.94 bits per heavy atom. The predicted molar refractivity (Wildman–Crippen MR) is 65.4 cm³/mol. The highest BCUT2D eigenvalue weighted by Gasteiger charge is 2.30. The van der Waals surface area contributed by atoms with Gasteiger partial charge in [-0.1, -0.05) is 12.1 Å². The number of hydrogen-bond acceptors (Lipinski definition) is 3. The van der Waals surface area contributed by atoms with Gasteiger partial charge in [0, 0.05) is 20.3 Å². The van der Waals surface area contributed by atoms with E-state index in [4.69, 9.17) is 9.47 Å². The molecule has 1 atom stereocenters. The van der Waals surface area contributed by atoms with E-state index < -0.39 is 6.10 Å². The third-order valence-corrected chi connectivity index (χ3v) is 2.80. The van der Waals surface area contributed by atoms with Crippen molar-refractivity contribution in [3.63, 3.8) is 0 Å². The van der Waals surface area contributed by atoms with Crippen LogP contribution in [0.5, 0.6) is 5.75 Å². The quantitative estimate of drug-likeness (QED) is 0.747. The van der Waals surface area contributed by atoms with Crippen LogP contribution in [0.15, 0.2) is 24.3 Å². The maximum Gasteiger partial charge on any atom is 0.267 e. The molecule has 1 aromatic rings. The second-order valence-electron chi connectivity index (χ2n) is 4.06. The van der Waals surface area contributed by atoms with Crippen LogP contribution in [0.3, 0.4) is 0 Å². The van der Waals surface area contributed by atoms with E-state index in [0.29, 0.717) is 13.2 Å². The van der Waals surface area contributed by atoms with Crippen LogP contribution in [0.1, 0.15) is 13.3 Å². The number of benzene rings is 1. The summed E-state index contributed by atoms with van der Waals surface area (Å²) >= 11 is 0. The van der Waals surface area contributed by atoms with Crippen LogP contribution in [0.4, 0.5) is 5.69 Å². The van der Waals surface area contributed by atoms with Gasteiger partial charge in [0.2, 0.25) is 0 Å². The fourth-order valence-corrected chi connectivity index (χ4v) is 1.96. The van der Waals surface area contributed by atoms with Gasteiger partial charge in [0.25, 0.3) is 5.91 Å². The first-order chi connectivity index (χ1) is 8.24. The van der Waals surface area contributed by atoms with E-state index in [0.717, 1.165) is 17.9 Å². The molecular weight excluding hydrogens is 218 g/mol. The minimum absolute atomic E-state index is 0.0137. The van der Waals surface area contributed by atoms with Crippen LogP contribution in [0.2, 0.25) is 0 Å². The highest BCUT2D eigenvalue weighted by molar-refractivity contribution is 5.99. The van der Waals surface area contributed by atoms with Gasteiger partial charge in [-0.15, -0.1) is 0 Å². The second-order valence-corrected chi connectivity index (χ2v) is 4.06. The van der Waals surface area contributed by atoms with Gasteiger partial charge in [-0.25, -0.2) is 0 Å². The first-order valence-electron chi connectivity index (χ1n) is 5.80. The zero-order chi connectivity index (χ0) is 12.3. The first kappa shape index (κ1) is 11.9. The van der Waals surface area contributed by atoms with Gasteiger partial charge in [-0.2, -0.15) is 0 Å². The summed E-state index contributed by atoms with van der Waals surface area (Å²) in [4.78, 5) is 13.8. The van der Waals surface area contributed by atoms with Crippen molar-refractivity contribution in [2.24, 2.45) is 0 Å². The molecule has 0 N–H and O–H groups in total. The number of hydrogen-bond donors (Lipinski definition) is 0. The third-order valence-electron chi connectivity index (χ3n) is 2.80. The molecule has 0 saturated heterocycles. The highest BCUT2D eigenvalue weighted by Crippen LogP contribution is 2.33. The Morgan fingerprint density at radius 2 is 2.18 bits per heavy atom. The zero-order valence-corrected chi connectivity index (χ0v) is 10.2. The van der Waals surface area contributed by atoms with Crippen LogP contribution in [0, 0.1) is 0 Å². The van der Waals surface area contributed by atoms with E-state index in [9.17, 15) is 4.79 Å². The number of carbonyl (C=O) groups is 1. The second kappa shape index (κ2) is 5.19. The molecule has 1 aromatic carbocycles. The fourth-order valence-electron chi connectivity index (χ4n) is 1.96. The van der Waals surface area contributed by atoms with Crippen molar-refractivity contribution in [2.75, 3.05) is 25.2 Å². The molecule has 17 heavy (non-hydrogen) atoms. The van der Waals surface area contributed by atoms with E-state index in [1.165, 1.54) is 0 Å². The van der Waals surface area contributed by atoms with E-state index >= 15 is 0 Å². The van der Waals surface area contributed by atoms with E-state index in [2.05, 4.69) is 0 Å². The van der Waals surface area contributed by atoms with Gasteiger partial charge < -0.3 is 14.4 Å². The molecule has 4 nitrogen and oxygen atoms in total. The molecule has 1 unspecified atom stereocenters. The molecule has 0 aliphatic carbocycles. The molecule has 0 radical (unpaired) electrons. The van der Waals surface area contributed by atoms with Crippen molar-refractivity contribution in [1.29, 1.82) is 0 Å². The van der Waals surface area contributed by atoms with Gasteiger partial charge in [-0.3, -0.25) is 4.79 Å². The van der Waals surface area contributed by atoms with Crippen LogP contribution in [-0.4, -0.2) is 32.3 Å². The van der Waals surface area contributed by atoms with Gasteiger partial charge in [-0.05, 0) is 25.5 Å². The van der Waals surface area contributed by atoms with Crippen molar-refractivity contribution < 1.29 is 14.3 Å². The summed E-state index contributed by atoms with van der Waals surface area (Å²) in [6.45, 7) is 3.10. The summed E-state index contributed by atoms with van der Waals surface area (Å²) in [5.74, 6) is 0.789. The summed E-state index contributed by atoms with van der Waals surface area (Å²) in [6, 6.07) is 7.62. The third kappa shape index (κ3) is 2.42. The van der Waals surface area contributed by atoms with E-state index in [-0.39, 0.29) is 5.91 Å². The largest absolute Gasteiger partial charge is 0.479 e. The monoisotopic (exact) mass is 235 g/mol. The number of ether oxygens (including phenoxy) is 2. The van der Waals surface area contributed by atoms with Gasteiger partial charge >= 0.3 is 0 Å². The molecule has 1 aliphatic rings. The molecule has 4 heteroatoms. The van der Waals surface area contributed by atoms with Crippen molar-refractivity contribution in [3.05, 3.63) is 24.3 Å². The molecule has 1 aliphatic heterocycles. The fraction of sp³-hybridized carbons (Fsp3) is 0.462. The number of para-hydroxylation sites is 2. The average molecular weight is 235 g/mol. The number of amides is 1. The number of rotatable bonds is 4. The maximum absolute atomic E-state index is 12.0. The molecule has 0 fully saturated rings. The summed E-state index contributed by atoms with van der Waals surface area (Å²) in [5.41, 5.74) is 0.853. The molecule has 0 aromatic heterocycles. The minimum Gasteiger partial charge on any atom is -0.479 e. The van der Waals surface area contributed by atoms with Gasteiger partial charge in [0.1, 0.15) is 5.75 Å². The van der Waals surface area contributed by atoms with Gasteiger partial charge in [0.05, 0.1) is 5.69 Å². The van der Waals surface area contributed by atoms with E-state index in [1.807, 2.05) is 24.3 Å². The zero-order valence-electron chi connectivity index (χ0n) is 10.2.